The van der Waals surface area contributed by atoms with Crippen molar-refractivity contribution in [1.82, 2.24) is 4.90 Å². The van der Waals surface area contributed by atoms with E-state index in [1.165, 1.54) is 17.7 Å². The van der Waals surface area contributed by atoms with E-state index >= 15 is 0 Å². The van der Waals surface area contributed by atoms with E-state index in [1.54, 1.807) is 17.0 Å². The number of hydrogen-bond acceptors (Lipinski definition) is 4. The van der Waals surface area contributed by atoms with Gasteiger partial charge in [-0.05, 0) is 54.1 Å². The highest BCUT2D eigenvalue weighted by atomic mass is 19.1. The summed E-state index contributed by atoms with van der Waals surface area (Å²) in [4.78, 5) is 18.3. The van der Waals surface area contributed by atoms with E-state index in [0.717, 1.165) is 17.5 Å². The minimum atomic E-state index is -0.722. The van der Waals surface area contributed by atoms with Crippen molar-refractivity contribution in [2.45, 2.75) is 44.1 Å². The van der Waals surface area contributed by atoms with Crippen molar-refractivity contribution in [3.63, 3.8) is 0 Å². The molecule has 0 N–H and O–H groups in total. The van der Waals surface area contributed by atoms with Crippen LogP contribution in [0.5, 0.6) is 0 Å². The van der Waals surface area contributed by atoms with Crippen LogP contribution < -0.4 is 0 Å². The average Bonchev–Trinajstić information content (AvgIpc) is 2.80. The lowest BCUT2D eigenvalue weighted by atomic mass is 9.87. The number of nitrogens with zero attached hydrogens (tertiary/aromatic N) is 4. The quantitative estimate of drug-likeness (QED) is 0.410. The van der Waals surface area contributed by atoms with E-state index in [1.807, 2.05) is 25.1 Å². The Morgan fingerprint density at radius 2 is 2.06 bits per heavy atom. The minimum Gasteiger partial charge on any atom is -0.376 e. The van der Waals surface area contributed by atoms with Crippen LogP contribution in [-0.2, 0) is 20.7 Å². The largest absolute Gasteiger partial charge is 0.376 e. The smallest absolute Gasteiger partial charge is 0.252 e. The molecule has 1 saturated heterocycles. The van der Waals surface area contributed by atoms with Crippen molar-refractivity contribution in [2.24, 2.45) is 5.11 Å². The van der Waals surface area contributed by atoms with Crippen LogP contribution in [0.1, 0.15) is 36.1 Å². The maximum atomic E-state index is 13.6. The maximum absolute atomic E-state index is 13.6. The maximum Gasteiger partial charge on any atom is 0.252 e. The summed E-state index contributed by atoms with van der Waals surface area (Å²) >= 11 is 0. The fourth-order valence-corrected chi connectivity index (χ4v) is 4.49. The highest BCUT2D eigenvalue weighted by molar-refractivity contribution is 5.82. The molecule has 162 valence electrons. The number of halogens is 1. The standard InChI is InChI=1S/C23H25FN4O3/c1-2-30-21-14-31-20(13-19(21)26-27-25)23(29)28-12-11-15-5-3-4-6-18(15)22(28)16-7-9-17(24)10-8-16/h3-10,19-22H,2,11-14H2,1H3/t19?,20-,21+,22+/m1/s1. The summed E-state index contributed by atoms with van der Waals surface area (Å²) < 4.78 is 25.0. The van der Waals surface area contributed by atoms with Gasteiger partial charge in [-0.15, -0.1) is 0 Å². The molecule has 0 aliphatic carbocycles. The number of ether oxygens (including phenoxy) is 2. The predicted molar refractivity (Wildman–Crippen MR) is 113 cm³/mol. The first-order valence-corrected chi connectivity index (χ1v) is 10.5. The number of hydrogen-bond donors (Lipinski definition) is 0. The summed E-state index contributed by atoms with van der Waals surface area (Å²) in [6.45, 7) is 3.06. The van der Waals surface area contributed by atoms with E-state index in [0.29, 0.717) is 13.2 Å². The van der Waals surface area contributed by atoms with Gasteiger partial charge in [-0.2, -0.15) is 0 Å². The van der Waals surface area contributed by atoms with Gasteiger partial charge >= 0.3 is 0 Å². The van der Waals surface area contributed by atoms with Crippen LogP contribution >= 0.6 is 0 Å². The lowest BCUT2D eigenvalue weighted by Crippen LogP contribution is -2.51. The van der Waals surface area contributed by atoms with Gasteiger partial charge < -0.3 is 14.4 Å². The second-order valence-corrected chi connectivity index (χ2v) is 7.76. The molecule has 1 fully saturated rings. The molecule has 1 unspecified atom stereocenters. The summed E-state index contributed by atoms with van der Waals surface area (Å²) in [6.07, 6.45) is -0.0875. The molecule has 2 heterocycles. The summed E-state index contributed by atoms with van der Waals surface area (Å²) in [7, 11) is 0. The molecule has 4 atom stereocenters. The summed E-state index contributed by atoms with van der Waals surface area (Å²) in [5.41, 5.74) is 12.0. The van der Waals surface area contributed by atoms with Gasteiger partial charge in [0.05, 0.1) is 24.8 Å². The van der Waals surface area contributed by atoms with Crippen molar-refractivity contribution in [3.05, 3.63) is 81.5 Å². The normalized spacial score (nSPS) is 25.4. The zero-order valence-electron chi connectivity index (χ0n) is 17.4. The number of rotatable bonds is 5. The van der Waals surface area contributed by atoms with Crippen molar-refractivity contribution in [2.75, 3.05) is 19.8 Å². The Balaban J connectivity index is 1.63. The Labute approximate surface area is 180 Å². The van der Waals surface area contributed by atoms with Crippen molar-refractivity contribution in [1.29, 1.82) is 0 Å². The highest BCUT2D eigenvalue weighted by Crippen LogP contribution is 2.36. The van der Waals surface area contributed by atoms with E-state index < -0.39 is 12.1 Å². The molecule has 2 aliphatic rings. The van der Waals surface area contributed by atoms with Crippen LogP contribution in [0.25, 0.3) is 10.4 Å². The number of amides is 1. The van der Waals surface area contributed by atoms with Crippen LogP contribution in [0, 0.1) is 5.82 Å². The Morgan fingerprint density at radius 3 is 2.81 bits per heavy atom. The summed E-state index contributed by atoms with van der Waals surface area (Å²) in [5, 5.41) is 3.85. The predicted octanol–water partition coefficient (Wildman–Crippen LogP) is 4.17. The Morgan fingerprint density at radius 1 is 1.29 bits per heavy atom. The molecule has 0 radical (unpaired) electrons. The molecule has 2 aliphatic heterocycles. The third kappa shape index (κ3) is 4.42. The molecular formula is C23H25FN4O3. The Bertz CT molecular complexity index is 977. The highest BCUT2D eigenvalue weighted by Gasteiger charge is 2.40. The van der Waals surface area contributed by atoms with Gasteiger partial charge in [0.25, 0.3) is 5.91 Å². The van der Waals surface area contributed by atoms with Crippen molar-refractivity contribution in [3.8, 4) is 0 Å². The van der Waals surface area contributed by atoms with Gasteiger partial charge in [0.2, 0.25) is 0 Å². The van der Waals surface area contributed by atoms with E-state index in [2.05, 4.69) is 16.1 Å². The molecule has 0 spiro atoms. The fraction of sp³-hybridized carbons (Fsp3) is 0.435. The molecule has 2 aromatic rings. The number of fused-ring (bicyclic) bond motifs is 1. The SMILES string of the molecule is CCO[C@H]1CO[C@@H](C(=O)N2CCc3ccccc3[C@@H]2c2ccc(F)cc2)CC1N=[N+]=[N-]. The first-order valence-electron chi connectivity index (χ1n) is 10.5. The second-order valence-electron chi connectivity index (χ2n) is 7.76. The van der Waals surface area contributed by atoms with Crippen LogP contribution in [0.3, 0.4) is 0 Å². The zero-order chi connectivity index (χ0) is 21.8. The third-order valence-corrected chi connectivity index (χ3v) is 5.95. The van der Waals surface area contributed by atoms with Crippen LogP contribution in [0.15, 0.2) is 53.6 Å². The van der Waals surface area contributed by atoms with Crippen LogP contribution in [0.4, 0.5) is 4.39 Å². The minimum absolute atomic E-state index is 0.156. The topological polar surface area (TPSA) is 87.5 Å². The molecule has 8 heteroatoms. The van der Waals surface area contributed by atoms with Gasteiger partial charge in [0, 0.05) is 18.1 Å². The van der Waals surface area contributed by atoms with Crippen molar-refractivity contribution >= 4 is 5.91 Å². The first-order chi connectivity index (χ1) is 15.1. The molecule has 4 rings (SSSR count). The van der Waals surface area contributed by atoms with Crippen LogP contribution in [0.2, 0.25) is 0 Å². The van der Waals surface area contributed by atoms with Gasteiger partial charge in [0.15, 0.2) is 0 Å². The molecule has 1 amide bonds. The number of benzene rings is 2. The van der Waals surface area contributed by atoms with Gasteiger partial charge in [-0.1, -0.05) is 41.5 Å². The monoisotopic (exact) mass is 424 g/mol. The first kappa shape index (κ1) is 21.3. The molecule has 2 aromatic carbocycles. The number of azide groups is 1. The third-order valence-electron chi connectivity index (χ3n) is 5.95. The molecule has 7 nitrogen and oxygen atoms in total. The van der Waals surface area contributed by atoms with E-state index in [4.69, 9.17) is 15.0 Å². The van der Waals surface area contributed by atoms with E-state index in [9.17, 15) is 9.18 Å². The molecule has 0 bridgehead atoms. The molecule has 0 aromatic heterocycles. The fourth-order valence-electron chi connectivity index (χ4n) is 4.49. The number of carbonyl (C=O) groups excluding carboxylic acids is 1. The zero-order valence-corrected chi connectivity index (χ0v) is 17.4. The van der Waals surface area contributed by atoms with Gasteiger partial charge in [-0.3, -0.25) is 4.79 Å². The number of carbonyl (C=O) groups is 1. The Hall–Kier alpha value is -2.93. The van der Waals surface area contributed by atoms with Crippen molar-refractivity contribution < 1.29 is 18.7 Å². The molecule has 0 saturated carbocycles. The Kier molecular flexibility index (Phi) is 6.51. The van der Waals surface area contributed by atoms with Crippen LogP contribution in [-0.4, -0.2) is 48.8 Å². The van der Waals surface area contributed by atoms with Gasteiger partial charge in [0.1, 0.15) is 11.9 Å². The average molecular weight is 424 g/mol. The van der Waals surface area contributed by atoms with Gasteiger partial charge in [-0.25, -0.2) is 4.39 Å². The lowest BCUT2D eigenvalue weighted by Gasteiger charge is -2.41. The lowest BCUT2D eigenvalue weighted by molar-refractivity contribution is -0.157. The summed E-state index contributed by atoms with van der Waals surface area (Å²) in [5.74, 6) is -0.475. The molecular weight excluding hydrogens is 399 g/mol. The molecule has 31 heavy (non-hydrogen) atoms. The summed E-state index contributed by atoms with van der Waals surface area (Å²) in [6, 6.07) is 13.5. The second kappa shape index (κ2) is 9.47. The van der Waals surface area contributed by atoms with E-state index in [-0.39, 0.29) is 36.9 Å².